The Morgan fingerprint density at radius 2 is 1.61 bits per heavy atom. The first-order valence-electron chi connectivity index (χ1n) is 11.0. The molecule has 0 saturated heterocycles. The molecule has 0 saturated carbocycles. The maximum absolute atomic E-state index is 12.8. The van der Waals surface area contributed by atoms with Crippen molar-refractivity contribution in [2.75, 3.05) is 6.61 Å². The lowest BCUT2D eigenvalue weighted by molar-refractivity contribution is -0.142. The molecule has 1 heterocycles. The number of nitrogens with two attached hydrogens (primary N) is 1. The van der Waals surface area contributed by atoms with Gasteiger partial charge in [0.25, 0.3) is 0 Å². The second-order valence-electron chi connectivity index (χ2n) is 8.53. The van der Waals surface area contributed by atoms with Crippen LogP contribution in [-0.2, 0) is 25.6 Å². The standard InChI is InChI=1S/C21H36N6O6/c1-5-12(4)17(22)20(31)27-16(9-28)19(30)25-14(6-11(2)3)18(29)26-15(21(32)33)7-13-8-23-10-24-13/h8,10-12,14-17,28H,5-7,9,22H2,1-4H3,(H,23,24)(H,25,30)(H,26,29)(H,27,31)(H,32,33). The van der Waals surface area contributed by atoms with Gasteiger partial charge in [0.1, 0.15) is 18.1 Å². The molecule has 12 nitrogen and oxygen atoms in total. The average Bonchev–Trinajstić information content (AvgIpc) is 3.27. The number of hydrogen-bond donors (Lipinski definition) is 7. The fourth-order valence-corrected chi connectivity index (χ4v) is 3.04. The topological polar surface area (TPSA) is 200 Å². The highest BCUT2D eigenvalue weighted by atomic mass is 16.4. The van der Waals surface area contributed by atoms with Crippen molar-refractivity contribution in [3.8, 4) is 0 Å². The van der Waals surface area contributed by atoms with Crippen molar-refractivity contribution >= 4 is 23.7 Å². The Hall–Kier alpha value is -2.99. The summed E-state index contributed by atoms with van der Waals surface area (Å²) in [5.41, 5.74) is 6.40. The van der Waals surface area contributed by atoms with Gasteiger partial charge in [0.15, 0.2) is 0 Å². The number of amides is 3. The number of H-pyrrole nitrogens is 1. The molecule has 8 N–H and O–H groups in total. The Morgan fingerprint density at radius 3 is 2.09 bits per heavy atom. The van der Waals surface area contributed by atoms with Crippen molar-refractivity contribution in [1.82, 2.24) is 25.9 Å². The molecule has 1 rings (SSSR count). The van der Waals surface area contributed by atoms with Crippen LogP contribution in [0.4, 0.5) is 0 Å². The first kappa shape index (κ1) is 28.0. The number of aliphatic hydroxyl groups is 1. The molecular weight excluding hydrogens is 432 g/mol. The van der Waals surface area contributed by atoms with Gasteiger partial charge in [0, 0.05) is 18.3 Å². The summed E-state index contributed by atoms with van der Waals surface area (Å²) in [6, 6.07) is -4.48. The van der Waals surface area contributed by atoms with E-state index >= 15 is 0 Å². The summed E-state index contributed by atoms with van der Waals surface area (Å²) >= 11 is 0. The number of imidazole rings is 1. The van der Waals surface area contributed by atoms with Gasteiger partial charge in [-0.3, -0.25) is 14.4 Å². The van der Waals surface area contributed by atoms with Gasteiger partial charge >= 0.3 is 5.97 Å². The molecule has 0 spiro atoms. The Labute approximate surface area is 193 Å². The number of aliphatic carboxylic acids is 1. The van der Waals surface area contributed by atoms with E-state index in [-0.39, 0.29) is 24.7 Å². The largest absolute Gasteiger partial charge is 0.480 e. The first-order chi connectivity index (χ1) is 15.5. The molecule has 5 unspecified atom stereocenters. The molecule has 0 bridgehead atoms. The van der Waals surface area contributed by atoms with E-state index in [0.29, 0.717) is 12.1 Å². The van der Waals surface area contributed by atoms with Gasteiger partial charge in [-0.2, -0.15) is 0 Å². The molecule has 0 fully saturated rings. The van der Waals surface area contributed by atoms with E-state index < -0.39 is 54.5 Å². The number of aromatic amines is 1. The summed E-state index contributed by atoms with van der Waals surface area (Å²) in [6.07, 6.45) is 3.70. The van der Waals surface area contributed by atoms with Crippen LogP contribution in [0.1, 0.15) is 46.2 Å². The first-order valence-corrected chi connectivity index (χ1v) is 11.0. The van der Waals surface area contributed by atoms with Crippen LogP contribution >= 0.6 is 0 Å². The summed E-state index contributed by atoms with van der Waals surface area (Å²) in [4.78, 5) is 56.1. The van der Waals surface area contributed by atoms with Crippen molar-refractivity contribution in [2.24, 2.45) is 17.6 Å². The lowest BCUT2D eigenvalue weighted by Gasteiger charge is -2.26. The molecule has 12 heteroatoms. The molecule has 1 aromatic heterocycles. The summed E-state index contributed by atoms with van der Waals surface area (Å²) in [6.45, 7) is 6.64. The molecule has 1 aromatic rings. The molecule has 33 heavy (non-hydrogen) atoms. The number of aromatic nitrogens is 2. The number of aliphatic hydroxyl groups excluding tert-OH is 1. The monoisotopic (exact) mass is 468 g/mol. The van der Waals surface area contributed by atoms with Gasteiger partial charge in [-0.15, -0.1) is 0 Å². The Balaban J connectivity index is 2.88. The third kappa shape index (κ3) is 9.18. The molecule has 0 aliphatic heterocycles. The molecule has 0 radical (unpaired) electrons. The summed E-state index contributed by atoms with van der Waals surface area (Å²) in [5, 5.41) is 26.4. The molecule has 0 aliphatic carbocycles. The lowest BCUT2D eigenvalue weighted by atomic mass is 9.99. The summed E-state index contributed by atoms with van der Waals surface area (Å²) < 4.78 is 0. The van der Waals surface area contributed by atoms with E-state index in [0.717, 1.165) is 0 Å². The number of carboxylic acids is 1. The maximum Gasteiger partial charge on any atom is 0.326 e. The van der Waals surface area contributed by atoms with E-state index in [9.17, 15) is 29.4 Å². The number of rotatable bonds is 14. The minimum absolute atomic E-state index is 0.0158. The van der Waals surface area contributed by atoms with Crippen LogP contribution in [0.3, 0.4) is 0 Å². The van der Waals surface area contributed by atoms with Crippen molar-refractivity contribution in [1.29, 1.82) is 0 Å². The number of nitrogens with zero attached hydrogens (tertiary/aromatic N) is 1. The van der Waals surface area contributed by atoms with Crippen molar-refractivity contribution in [3.05, 3.63) is 18.2 Å². The van der Waals surface area contributed by atoms with Crippen LogP contribution in [0, 0.1) is 11.8 Å². The van der Waals surface area contributed by atoms with Gasteiger partial charge in [0.2, 0.25) is 17.7 Å². The van der Waals surface area contributed by atoms with E-state index in [4.69, 9.17) is 5.73 Å². The average molecular weight is 469 g/mol. The molecule has 3 amide bonds. The van der Waals surface area contributed by atoms with Gasteiger partial charge in [-0.05, 0) is 18.3 Å². The smallest absolute Gasteiger partial charge is 0.326 e. The van der Waals surface area contributed by atoms with Gasteiger partial charge in [-0.25, -0.2) is 9.78 Å². The SMILES string of the molecule is CCC(C)C(N)C(=O)NC(CO)C(=O)NC(CC(C)C)C(=O)NC(Cc1cnc[nH]1)C(=O)O. The minimum Gasteiger partial charge on any atom is -0.480 e. The van der Waals surface area contributed by atoms with Crippen LogP contribution in [0.15, 0.2) is 12.5 Å². The van der Waals surface area contributed by atoms with Crippen LogP contribution < -0.4 is 21.7 Å². The lowest BCUT2D eigenvalue weighted by Crippen LogP contribution is -2.58. The highest BCUT2D eigenvalue weighted by Gasteiger charge is 2.31. The van der Waals surface area contributed by atoms with E-state index in [1.54, 1.807) is 6.92 Å². The molecule has 0 aliphatic rings. The Bertz CT molecular complexity index is 784. The fourth-order valence-electron chi connectivity index (χ4n) is 3.04. The van der Waals surface area contributed by atoms with Crippen LogP contribution in [0.25, 0.3) is 0 Å². The number of carbonyl (C=O) groups is 4. The molecule has 186 valence electrons. The highest BCUT2D eigenvalue weighted by Crippen LogP contribution is 2.08. The molecular formula is C21H36N6O6. The van der Waals surface area contributed by atoms with Crippen LogP contribution in [-0.4, -0.2) is 74.6 Å². The zero-order valence-corrected chi connectivity index (χ0v) is 19.5. The Morgan fingerprint density at radius 1 is 1.03 bits per heavy atom. The van der Waals surface area contributed by atoms with Crippen LogP contribution in [0.5, 0.6) is 0 Å². The quantitative estimate of drug-likeness (QED) is 0.178. The summed E-state index contributed by atoms with van der Waals surface area (Å²) in [5.74, 6) is -3.44. The fraction of sp³-hybridized carbons (Fsp3) is 0.667. The predicted octanol–water partition coefficient (Wildman–Crippen LogP) is -1.10. The zero-order chi connectivity index (χ0) is 25.1. The second kappa shape index (κ2) is 13.5. The second-order valence-corrected chi connectivity index (χ2v) is 8.53. The summed E-state index contributed by atoms with van der Waals surface area (Å²) in [7, 11) is 0. The van der Waals surface area contributed by atoms with E-state index in [1.807, 2.05) is 20.8 Å². The normalized spacial score (nSPS) is 15.7. The van der Waals surface area contributed by atoms with Gasteiger partial charge in [-0.1, -0.05) is 34.1 Å². The number of carboxylic acid groups (broad SMARTS) is 1. The van der Waals surface area contributed by atoms with Crippen LogP contribution in [0.2, 0.25) is 0 Å². The number of nitrogens with one attached hydrogen (secondary N) is 4. The third-order valence-corrected chi connectivity index (χ3v) is 5.31. The molecule has 5 atom stereocenters. The maximum atomic E-state index is 12.8. The van der Waals surface area contributed by atoms with Crippen molar-refractivity contribution < 1.29 is 29.4 Å². The predicted molar refractivity (Wildman–Crippen MR) is 120 cm³/mol. The third-order valence-electron chi connectivity index (χ3n) is 5.31. The van der Waals surface area contributed by atoms with Crippen molar-refractivity contribution in [2.45, 2.75) is 71.1 Å². The minimum atomic E-state index is -1.31. The van der Waals surface area contributed by atoms with Gasteiger partial charge < -0.3 is 36.9 Å². The zero-order valence-electron chi connectivity index (χ0n) is 19.5. The molecule has 0 aromatic carbocycles. The van der Waals surface area contributed by atoms with Gasteiger partial charge in [0.05, 0.1) is 19.0 Å². The van der Waals surface area contributed by atoms with Crippen molar-refractivity contribution in [3.63, 3.8) is 0 Å². The number of hydrogen-bond acceptors (Lipinski definition) is 7. The Kier molecular flexibility index (Phi) is 11.5. The van der Waals surface area contributed by atoms with E-state index in [2.05, 4.69) is 25.9 Å². The highest BCUT2D eigenvalue weighted by molar-refractivity contribution is 5.94. The van der Waals surface area contributed by atoms with E-state index in [1.165, 1.54) is 12.5 Å². The number of carbonyl (C=O) groups excluding carboxylic acids is 3.